The van der Waals surface area contributed by atoms with Crippen LogP contribution in [0.1, 0.15) is 13.8 Å². The first kappa shape index (κ1) is 9.39. The second-order valence-corrected chi connectivity index (χ2v) is 2.20. The Morgan fingerprint density at radius 3 is 2.30 bits per heavy atom. The minimum absolute atomic E-state index is 0.0984. The molecule has 0 aromatic carbocycles. The molecule has 0 aliphatic carbocycles. The van der Waals surface area contributed by atoms with Gasteiger partial charge in [0.1, 0.15) is 0 Å². The quantitative estimate of drug-likeness (QED) is 0.242. The fraction of sp³-hybridized carbons (Fsp3) is 0.833. The first-order valence-electron chi connectivity index (χ1n) is 3.57. The Morgan fingerprint density at radius 1 is 1.50 bits per heavy atom. The van der Waals surface area contributed by atoms with Gasteiger partial charge in [-0.05, 0) is 13.8 Å². The number of carbonyl (C=O) groups is 1. The maximum Gasteiger partial charge on any atom is 0.289 e. The first-order chi connectivity index (χ1) is 4.74. The molecule has 0 fully saturated rings. The minimum Gasteiger partial charge on any atom is -0.328 e. The van der Waals surface area contributed by atoms with Crippen LogP contribution in [-0.4, -0.2) is 25.5 Å². The third kappa shape index (κ3) is 3.42. The largest absolute Gasteiger partial charge is 0.328 e. The molecule has 0 bridgehead atoms. The van der Waals surface area contributed by atoms with Crippen LogP contribution in [0, 0.1) is 0 Å². The molecule has 0 heterocycles. The zero-order valence-electron chi connectivity index (χ0n) is 6.61. The van der Waals surface area contributed by atoms with Crippen LogP contribution in [0.25, 0.3) is 0 Å². The standard InChI is InChI=1S/C6H15N3O/c1-3-9(4-2)5-6(10)8-7/h3-5,7H2,1-2H3,(H,8,10)/p+1. The van der Waals surface area contributed by atoms with Gasteiger partial charge in [-0.25, -0.2) is 5.84 Å². The van der Waals surface area contributed by atoms with Gasteiger partial charge in [0.05, 0.1) is 13.1 Å². The summed E-state index contributed by atoms with van der Waals surface area (Å²) in [6.07, 6.45) is 0. The highest BCUT2D eigenvalue weighted by atomic mass is 16.2. The Bertz CT molecular complexity index is 101. The van der Waals surface area contributed by atoms with Gasteiger partial charge < -0.3 is 4.90 Å². The molecule has 0 saturated heterocycles. The van der Waals surface area contributed by atoms with Crippen LogP contribution in [0.5, 0.6) is 0 Å². The van der Waals surface area contributed by atoms with Gasteiger partial charge >= 0.3 is 0 Å². The van der Waals surface area contributed by atoms with E-state index in [4.69, 9.17) is 5.84 Å². The molecular weight excluding hydrogens is 130 g/mol. The van der Waals surface area contributed by atoms with Crippen LogP contribution in [0.4, 0.5) is 0 Å². The van der Waals surface area contributed by atoms with E-state index < -0.39 is 0 Å². The van der Waals surface area contributed by atoms with Crippen LogP contribution in [0.3, 0.4) is 0 Å². The van der Waals surface area contributed by atoms with Crippen LogP contribution in [0.2, 0.25) is 0 Å². The van der Waals surface area contributed by atoms with Crippen molar-refractivity contribution in [3.63, 3.8) is 0 Å². The number of hydrazine groups is 1. The summed E-state index contributed by atoms with van der Waals surface area (Å²) in [5.41, 5.74) is 2.10. The molecule has 10 heavy (non-hydrogen) atoms. The predicted octanol–water partition coefficient (Wildman–Crippen LogP) is -2.10. The van der Waals surface area contributed by atoms with Gasteiger partial charge in [0.2, 0.25) is 0 Å². The fourth-order valence-electron chi connectivity index (χ4n) is 0.778. The van der Waals surface area contributed by atoms with Crippen molar-refractivity contribution < 1.29 is 9.69 Å². The lowest BCUT2D eigenvalue weighted by atomic mass is 10.4. The molecule has 0 aromatic heterocycles. The zero-order valence-corrected chi connectivity index (χ0v) is 6.61. The summed E-state index contributed by atoms with van der Waals surface area (Å²) in [7, 11) is 0. The molecule has 60 valence electrons. The summed E-state index contributed by atoms with van der Waals surface area (Å²) in [6.45, 7) is 6.49. The van der Waals surface area contributed by atoms with Gasteiger partial charge in [0, 0.05) is 0 Å². The van der Waals surface area contributed by atoms with Gasteiger partial charge in [0.25, 0.3) is 5.91 Å². The van der Waals surface area contributed by atoms with Gasteiger partial charge in [-0.1, -0.05) is 0 Å². The van der Waals surface area contributed by atoms with Crippen molar-refractivity contribution in [3.05, 3.63) is 0 Å². The predicted molar refractivity (Wildman–Crippen MR) is 39.2 cm³/mol. The zero-order chi connectivity index (χ0) is 7.98. The third-order valence-corrected chi connectivity index (χ3v) is 1.57. The average Bonchev–Trinajstić information content (AvgIpc) is 1.99. The monoisotopic (exact) mass is 146 g/mol. The maximum absolute atomic E-state index is 10.7. The first-order valence-corrected chi connectivity index (χ1v) is 3.57. The van der Waals surface area contributed by atoms with E-state index in [1.54, 1.807) is 0 Å². The summed E-state index contributed by atoms with van der Waals surface area (Å²) in [5, 5.41) is 0. The molecule has 4 nitrogen and oxygen atoms in total. The number of rotatable bonds is 4. The van der Waals surface area contributed by atoms with Crippen molar-refractivity contribution in [3.8, 4) is 0 Å². The molecule has 0 aromatic rings. The van der Waals surface area contributed by atoms with Crippen molar-refractivity contribution >= 4 is 5.91 Å². The minimum atomic E-state index is -0.0984. The molecule has 4 N–H and O–H groups in total. The lowest BCUT2D eigenvalue weighted by Crippen LogP contribution is -3.12. The van der Waals surface area contributed by atoms with Gasteiger partial charge in [-0.15, -0.1) is 0 Å². The molecule has 0 saturated carbocycles. The number of carbonyl (C=O) groups excluding carboxylic acids is 1. The van der Waals surface area contributed by atoms with E-state index >= 15 is 0 Å². The molecule has 0 spiro atoms. The molecular formula is C6H16N3O+. The van der Waals surface area contributed by atoms with Crippen LogP contribution in [-0.2, 0) is 4.79 Å². The SMILES string of the molecule is CC[NH+](CC)CC(=O)NN. The highest BCUT2D eigenvalue weighted by molar-refractivity contribution is 5.76. The van der Waals surface area contributed by atoms with Crippen LogP contribution in [0.15, 0.2) is 0 Å². The smallest absolute Gasteiger partial charge is 0.289 e. The Balaban J connectivity index is 3.52. The van der Waals surface area contributed by atoms with E-state index in [9.17, 15) is 4.79 Å². The van der Waals surface area contributed by atoms with Crippen molar-refractivity contribution in [1.82, 2.24) is 5.43 Å². The van der Waals surface area contributed by atoms with E-state index in [1.807, 2.05) is 13.8 Å². The highest BCUT2D eigenvalue weighted by Gasteiger charge is 2.07. The van der Waals surface area contributed by atoms with Crippen molar-refractivity contribution in [1.29, 1.82) is 0 Å². The van der Waals surface area contributed by atoms with E-state index in [-0.39, 0.29) is 5.91 Å². The van der Waals surface area contributed by atoms with Gasteiger partial charge in [0.15, 0.2) is 6.54 Å². The number of quaternary nitrogens is 1. The van der Waals surface area contributed by atoms with Crippen molar-refractivity contribution in [2.24, 2.45) is 5.84 Å². The molecule has 0 rings (SSSR count). The van der Waals surface area contributed by atoms with Crippen molar-refractivity contribution in [2.75, 3.05) is 19.6 Å². The normalized spacial score (nSPS) is 10.0. The Morgan fingerprint density at radius 2 is 2.00 bits per heavy atom. The van der Waals surface area contributed by atoms with E-state index in [1.165, 1.54) is 4.90 Å². The van der Waals surface area contributed by atoms with Crippen LogP contribution >= 0.6 is 0 Å². The maximum atomic E-state index is 10.7. The van der Waals surface area contributed by atoms with E-state index in [0.717, 1.165) is 13.1 Å². The second kappa shape index (κ2) is 5.20. The van der Waals surface area contributed by atoms with Crippen LogP contribution < -0.4 is 16.2 Å². The second-order valence-electron chi connectivity index (χ2n) is 2.20. The van der Waals surface area contributed by atoms with Gasteiger partial charge in [-0.2, -0.15) is 0 Å². The number of nitrogens with one attached hydrogen (secondary N) is 2. The Kier molecular flexibility index (Phi) is 4.88. The average molecular weight is 146 g/mol. The summed E-state index contributed by atoms with van der Waals surface area (Å²) < 4.78 is 0. The van der Waals surface area contributed by atoms with E-state index in [0.29, 0.717) is 6.54 Å². The lowest BCUT2D eigenvalue weighted by Gasteiger charge is -2.13. The number of nitrogens with two attached hydrogens (primary N) is 1. The summed E-state index contributed by atoms with van der Waals surface area (Å²) in [6, 6.07) is 0. The summed E-state index contributed by atoms with van der Waals surface area (Å²) >= 11 is 0. The van der Waals surface area contributed by atoms with E-state index in [2.05, 4.69) is 5.43 Å². The highest BCUT2D eigenvalue weighted by Crippen LogP contribution is 1.53. The Labute approximate surface area is 61.3 Å². The molecule has 1 amide bonds. The van der Waals surface area contributed by atoms with Gasteiger partial charge in [-0.3, -0.25) is 10.2 Å². The topological polar surface area (TPSA) is 59.6 Å². The number of hydrogen-bond donors (Lipinski definition) is 3. The summed E-state index contributed by atoms with van der Waals surface area (Å²) in [5.74, 6) is 4.82. The molecule has 4 heteroatoms. The number of amides is 1. The lowest BCUT2D eigenvalue weighted by molar-refractivity contribution is -0.888. The molecule has 0 radical (unpaired) electrons. The number of hydrogen-bond acceptors (Lipinski definition) is 2. The molecule has 0 unspecified atom stereocenters. The fourth-order valence-corrected chi connectivity index (χ4v) is 0.778. The third-order valence-electron chi connectivity index (χ3n) is 1.57. The number of likely N-dealkylation sites (N-methyl/N-ethyl adjacent to an activating group) is 1. The molecule has 0 aliphatic rings. The molecule has 0 atom stereocenters. The summed E-state index contributed by atoms with van der Waals surface area (Å²) in [4.78, 5) is 11.9. The Hall–Kier alpha value is -0.610. The van der Waals surface area contributed by atoms with Crippen molar-refractivity contribution in [2.45, 2.75) is 13.8 Å². The molecule has 0 aliphatic heterocycles.